The van der Waals surface area contributed by atoms with Crippen LogP contribution in [0.4, 0.5) is 23.9 Å². The topological polar surface area (TPSA) is 164 Å². The second-order valence-electron chi connectivity index (χ2n) is 11.8. The van der Waals surface area contributed by atoms with Gasteiger partial charge in [0.05, 0.1) is 23.8 Å². The van der Waals surface area contributed by atoms with Crippen molar-refractivity contribution in [1.29, 1.82) is 0 Å². The van der Waals surface area contributed by atoms with Crippen LogP contribution in [0.3, 0.4) is 0 Å². The smallest absolute Gasteiger partial charge is 0.477 e. The molecule has 1 N–H and O–H groups in total. The zero-order chi connectivity index (χ0) is 33.9. The first-order valence-corrected chi connectivity index (χ1v) is 15.9. The summed E-state index contributed by atoms with van der Waals surface area (Å²) in [6.07, 6.45) is 2.77. The number of carboxylic acid groups (broad SMARTS) is 1. The Hall–Kier alpha value is -4.28. The van der Waals surface area contributed by atoms with Crippen LogP contribution in [0.5, 0.6) is 5.88 Å². The van der Waals surface area contributed by atoms with Crippen molar-refractivity contribution in [2.24, 2.45) is 9.98 Å². The summed E-state index contributed by atoms with van der Waals surface area (Å²) >= 11 is 0. The van der Waals surface area contributed by atoms with E-state index in [-0.39, 0.29) is 42.8 Å². The summed E-state index contributed by atoms with van der Waals surface area (Å²) in [6.45, 7) is 8.03. The number of aliphatic imine (C=N–C) groups is 2. The van der Waals surface area contributed by atoms with Gasteiger partial charge in [-0.1, -0.05) is 29.8 Å². The number of carbonyl (C=O) groups excluding carboxylic acids is 1. The number of hydrogen-bond donors (Lipinski definition) is 1. The van der Waals surface area contributed by atoms with E-state index in [9.17, 15) is 31.2 Å². The highest BCUT2D eigenvalue weighted by Gasteiger charge is 2.49. The normalized spacial score (nSPS) is 18.2. The van der Waals surface area contributed by atoms with Gasteiger partial charge in [-0.05, 0) is 46.1 Å². The van der Waals surface area contributed by atoms with Crippen molar-refractivity contribution in [3.8, 4) is 5.88 Å². The molecule has 1 atom stereocenters. The maximum atomic E-state index is 13.2. The summed E-state index contributed by atoms with van der Waals surface area (Å²) in [6, 6.07) is 7.75. The van der Waals surface area contributed by atoms with E-state index in [1.54, 1.807) is 20.8 Å². The highest BCUT2D eigenvalue weighted by atomic mass is 32.2. The van der Waals surface area contributed by atoms with Crippen LogP contribution in [0, 0.1) is 6.92 Å². The third kappa shape index (κ3) is 8.50. The number of aliphatic carboxylic acids is 1. The van der Waals surface area contributed by atoms with E-state index < -0.39 is 39.2 Å². The van der Waals surface area contributed by atoms with Gasteiger partial charge in [-0.15, -0.1) is 0 Å². The number of fused-ring (bicyclic) bond motifs is 1. The van der Waals surface area contributed by atoms with Gasteiger partial charge in [-0.25, -0.2) is 19.6 Å². The van der Waals surface area contributed by atoms with Crippen LogP contribution in [-0.2, 0) is 32.6 Å². The van der Waals surface area contributed by atoms with Crippen molar-refractivity contribution in [1.82, 2.24) is 14.9 Å². The van der Waals surface area contributed by atoms with Crippen molar-refractivity contribution in [2.45, 2.75) is 77.1 Å². The molecule has 17 heteroatoms. The summed E-state index contributed by atoms with van der Waals surface area (Å²) in [5.41, 5.74) is -3.84. The van der Waals surface area contributed by atoms with Crippen LogP contribution in [0.15, 0.2) is 34.3 Å². The number of hydrogen-bond acceptors (Lipinski definition) is 11. The van der Waals surface area contributed by atoms with Crippen molar-refractivity contribution in [2.75, 3.05) is 24.5 Å². The summed E-state index contributed by atoms with van der Waals surface area (Å²) in [5, 5.41) is 8.35. The maximum Gasteiger partial charge on any atom is 0.534 e. The number of carboxylic acids is 1. The zero-order valence-corrected chi connectivity index (χ0v) is 26.6. The number of ether oxygens (including phenoxy) is 1. The Kier molecular flexibility index (Phi) is 10.2. The molecular weight excluding hydrogens is 633 g/mol. The van der Waals surface area contributed by atoms with Crippen molar-refractivity contribution < 1.29 is 45.2 Å². The van der Waals surface area contributed by atoms with Gasteiger partial charge in [-0.2, -0.15) is 26.6 Å². The number of amides is 1. The van der Waals surface area contributed by atoms with E-state index in [2.05, 4.69) is 24.1 Å². The zero-order valence-electron chi connectivity index (χ0n) is 25.7. The SMILES string of the molecule is Cc1ccc([C@@H]2CCCN2c2nc3c(c(OS(=O)(=O)C(F)(F)F)n2)CN(C(=O)OC(C)(C)C)CC3)cc1.O=C(O)C1=NC=NCC1. The van der Waals surface area contributed by atoms with Crippen LogP contribution in [0.2, 0.25) is 0 Å². The standard InChI is InChI=1S/C24H29F3N4O5S.C5H6N2O2/c1-15-7-9-16(10-8-15)19-6-5-12-31(19)21-28-18-11-13-30(22(32)35-23(2,3)4)14-17(18)20(29-21)36-37(33,34)24(25,26)27;8-5(9)4-1-2-6-3-7-4/h7-10,19H,5-6,11-14H2,1-4H3;3H,1-2H2,(H,8,9)/t19-;/m0./s1. The third-order valence-corrected chi connectivity index (χ3v) is 8.07. The van der Waals surface area contributed by atoms with Gasteiger partial charge in [0.2, 0.25) is 11.8 Å². The number of nitrogens with zero attached hydrogens (tertiary/aromatic N) is 6. The minimum Gasteiger partial charge on any atom is -0.477 e. The summed E-state index contributed by atoms with van der Waals surface area (Å²) in [4.78, 5) is 41.9. The van der Waals surface area contributed by atoms with Gasteiger partial charge in [-0.3, -0.25) is 4.99 Å². The van der Waals surface area contributed by atoms with Gasteiger partial charge in [0.15, 0.2) is 0 Å². The molecule has 1 saturated heterocycles. The molecule has 0 radical (unpaired) electrons. The van der Waals surface area contributed by atoms with Crippen LogP contribution in [-0.4, -0.2) is 83.2 Å². The van der Waals surface area contributed by atoms with Crippen LogP contribution in [0.25, 0.3) is 0 Å². The van der Waals surface area contributed by atoms with Crippen LogP contribution < -0.4 is 9.08 Å². The second-order valence-corrected chi connectivity index (χ2v) is 13.3. The molecule has 250 valence electrons. The van der Waals surface area contributed by atoms with Gasteiger partial charge in [0.25, 0.3) is 0 Å². The monoisotopic (exact) mass is 668 g/mol. The second kappa shape index (κ2) is 13.6. The molecule has 3 aliphatic rings. The van der Waals surface area contributed by atoms with E-state index in [1.165, 1.54) is 11.2 Å². The number of aromatic nitrogens is 2. The molecule has 2 aromatic rings. The Bertz CT molecular complexity index is 1620. The molecule has 0 bridgehead atoms. The lowest BCUT2D eigenvalue weighted by molar-refractivity contribution is -0.129. The largest absolute Gasteiger partial charge is 0.534 e. The number of aryl methyl sites for hydroxylation is 1. The highest BCUT2D eigenvalue weighted by molar-refractivity contribution is 7.88. The molecule has 4 heterocycles. The van der Waals surface area contributed by atoms with Crippen LogP contribution in [0.1, 0.15) is 68.5 Å². The number of halogens is 3. The summed E-state index contributed by atoms with van der Waals surface area (Å²) in [5.74, 6) is -1.60. The average Bonchev–Trinajstić information content (AvgIpc) is 3.46. The number of carbonyl (C=O) groups is 2. The Balaban J connectivity index is 0.000000459. The molecule has 0 saturated carbocycles. The van der Waals surface area contributed by atoms with E-state index in [0.29, 0.717) is 25.2 Å². The molecule has 1 aromatic heterocycles. The molecule has 5 rings (SSSR count). The molecule has 1 aromatic carbocycles. The molecule has 46 heavy (non-hydrogen) atoms. The van der Waals surface area contributed by atoms with Gasteiger partial charge < -0.3 is 23.8 Å². The lowest BCUT2D eigenvalue weighted by Crippen LogP contribution is -2.41. The Labute approximate surface area is 264 Å². The number of anilines is 1. The van der Waals surface area contributed by atoms with Gasteiger partial charge in [0, 0.05) is 32.5 Å². The van der Waals surface area contributed by atoms with E-state index >= 15 is 0 Å². The Morgan fingerprint density at radius 2 is 1.74 bits per heavy atom. The number of benzene rings is 1. The van der Waals surface area contributed by atoms with E-state index in [1.807, 2.05) is 36.1 Å². The highest BCUT2D eigenvalue weighted by Crippen LogP contribution is 2.38. The maximum absolute atomic E-state index is 13.2. The minimum atomic E-state index is -6.01. The molecule has 0 aliphatic carbocycles. The fourth-order valence-electron chi connectivity index (χ4n) is 4.91. The van der Waals surface area contributed by atoms with E-state index in [0.717, 1.165) is 24.0 Å². The fraction of sp³-hybridized carbons (Fsp3) is 0.517. The number of alkyl halides is 3. The molecule has 1 amide bonds. The molecule has 1 fully saturated rings. The lowest BCUT2D eigenvalue weighted by atomic mass is 10.0. The lowest BCUT2D eigenvalue weighted by Gasteiger charge is -2.32. The summed E-state index contributed by atoms with van der Waals surface area (Å²) in [7, 11) is -6.01. The minimum absolute atomic E-state index is 0.000216. The van der Waals surface area contributed by atoms with Crippen molar-refractivity contribution in [3.05, 3.63) is 46.6 Å². The molecule has 0 spiro atoms. The average molecular weight is 669 g/mol. The molecule has 3 aliphatic heterocycles. The predicted molar refractivity (Wildman–Crippen MR) is 162 cm³/mol. The first-order chi connectivity index (χ1) is 21.4. The van der Waals surface area contributed by atoms with Gasteiger partial charge in [0.1, 0.15) is 17.7 Å². The van der Waals surface area contributed by atoms with Crippen molar-refractivity contribution >= 4 is 40.2 Å². The van der Waals surface area contributed by atoms with E-state index in [4.69, 9.17) is 9.84 Å². The predicted octanol–water partition coefficient (Wildman–Crippen LogP) is 4.59. The molecular formula is C29H35F3N6O7S. The fourth-order valence-corrected chi connectivity index (χ4v) is 5.35. The Morgan fingerprint density at radius 3 is 2.30 bits per heavy atom. The number of rotatable bonds is 5. The molecule has 13 nitrogen and oxygen atoms in total. The molecule has 0 unspecified atom stereocenters. The summed E-state index contributed by atoms with van der Waals surface area (Å²) < 4.78 is 73.4. The first-order valence-electron chi connectivity index (χ1n) is 14.4. The van der Waals surface area contributed by atoms with Crippen LogP contribution >= 0.6 is 0 Å². The first kappa shape index (κ1) is 34.6. The Morgan fingerprint density at radius 1 is 1.04 bits per heavy atom. The van der Waals surface area contributed by atoms with Crippen molar-refractivity contribution in [3.63, 3.8) is 0 Å². The third-order valence-electron chi connectivity index (χ3n) is 7.13. The van der Waals surface area contributed by atoms with Gasteiger partial charge >= 0.3 is 27.7 Å². The quantitative estimate of drug-likeness (QED) is 0.352.